The van der Waals surface area contributed by atoms with Gasteiger partial charge < -0.3 is 0 Å². The Bertz CT molecular complexity index is 412. The van der Waals surface area contributed by atoms with Gasteiger partial charge in [-0.15, -0.1) is 11.8 Å². The van der Waals surface area contributed by atoms with Crippen LogP contribution < -0.4 is 0 Å². The van der Waals surface area contributed by atoms with Gasteiger partial charge in [0.25, 0.3) is 0 Å². The fraction of sp³-hybridized carbons (Fsp3) is 0.706. The molecular weight excluding hydrogens is 264 g/mol. The summed E-state index contributed by atoms with van der Waals surface area (Å²) in [6.45, 7) is 4.67. The van der Waals surface area contributed by atoms with Gasteiger partial charge in [-0.05, 0) is 50.4 Å². The Morgan fingerprint density at radius 1 is 1.15 bits per heavy atom. The SMILES string of the molecule is CCN1CCC[C@H]1c1ccc(SC2CCCCC2)nc1. The van der Waals surface area contributed by atoms with Gasteiger partial charge in [-0.2, -0.15) is 0 Å². The summed E-state index contributed by atoms with van der Waals surface area (Å²) in [6, 6.07) is 5.18. The zero-order valence-electron chi connectivity index (χ0n) is 12.6. The van der Waals surface area contributed by atoms with Crippen molar-refractivity contribution in [2.75, 3.05) is 13.1 Å². The Balaban J connectivity index is 1.62. The molecular formula is C17H26N2S. The molecule has 0 unspecified atom stereocenters. The minimum Gasteiger partial charge on any atom is -0.297 e. The van der Waals surface area contributed by atoms with Gasteiger partial charge in [0.15, 0.2) is 0 Å². The second-order valence-electron chi connectivity index (χ2n) is 6.09. The normalized spacial score (nSPS) is 25.1. The van der Waals surface area contributed by atoms with E-state index in [0.717, 1.165) is 11.8 Å². The van der Waals surface area contributed by atoms with Gasteiger partial charge in [-0.25, -0.2) is 4.98 Å². The molecule has 1 saturated carbocycles. The molecule has 20 heavy (non-hydrogen) atoms. The Labute approximate surface area is 127 Å². The first kappa shape index (κ1) is 14.4. The highest BCUT2D eigenvalue weighted by Gasteiger charge is 2.24. The number of pyridine rings is 1. The lowest BCUT2D eigenvalue weighted by Crippen LogP contribution is -2.22. The summed E-state index contributed by atoms with van der Waals surface area (Å²) < 4.78 is 0. The molecule has 0 aromatic carbocycles. The predicted octanol–water partition coefficient (Wildman–Crippen LogP) is 4.66. The number of thioether (sulfide) groups is 1. The van der Waals surface area contributed by atoms with Gasteiger partial charge in [-0.1, -0.05) is 32.3 Å². The van der Waals surface area contributed by atoms with Crippen LogP contribution in [-0.2, 0) is 0 Å². The van der Waals surface area contributed by atoms with Crippen molar-refractivity contribution >= 4 is 11.8 Å². The molecule has 1 aromatic heterocycles. The summed E-state index contributed by atoms with van der Waals surface area (Å²) in [5.41, 5.74) is 1.41. The molecule has 0 amide bonds. The van der Waals surface area contributed by atoms with Crippen LogP contribution in [0.5, 0.6) is 0 Å². The second kappa shape index (κ2) is 6.95. The zero-order valence-corrected chi connectivity index (χ0v) is 13.4. The molecule has 110 valence electrons. The molecule has 1 aromatic rings. The Morgan fingerprint density at radius 2 is 2.00 bits per heavy atom. The van der Waals surface area contributed by atoms with Crippen LogP contribution in [0, 0.1) is 0 Å². The third-order valence-corrected chi connectivity index (χ3v) is 6.04. The molecule has 0 radical (unpaired) electrons. The van der Waals surface area contributed by atoms with E-state index in [0.29, 0.717) is 6.04 Å². The van der Waals surface area contributed by atoms with E-state index in [1.807, 2.05) is 11.8 Å². The van der Waals surface area contributed by atoms with Crippen molar-refractivity contribution < 1.29 is 0 Å². The van der Waals surface area contributed by atoms with Crippen LogP contribution in [0.2, 0.25) is 0 Å². The molecule has 2 nitrogen and oxygen atoms in total. The van der Waals surface area contributed by atoms with Gasteiger partial charge in [-0.3, -0.25) is 4.90 Å². The first-order valence-corrected chi connectivity index (χ1v) is 9.11. The van der Waals surface area contributed by atoms with E-state index in [1.165, 1.54) is 62.1 Å². The number of rotatable bonds is 4. The lowest BCUT2D eigenvalue weighted by Gasteiger charge is -2.23. The summed E-state index contributed by atoms with van der Waals surface area (Å²) in [7, 11) is 0. The monoisotopic (exact) mass is 290 g/mol. The molecule has 1 saturated heterocycles. The Morgan fingerprint density at radius 3 is 2.70 bits per heavy atom. The van der Waals surface area contributed by atoms with Crippen molar-refractivity contribution in [3.63, 3.8) is 0 Å². The highest BCUT2D eigenvalue weighted by Crippen LogP contribution is 2.34. The molecule has 1 aliphatic carbocycles. The summed E-state index contributed by atoms with van der Waals surface area (Å²) >= 11 is 2.00. The van der Waals surface area contributed by atoms with E-state index in [1.54, 1.807) is 0 Å². The van der Waals surface area contributed by atoms with Crippen LogP contribution in [0.25, 0.3) is 0 Å². The maximum absolute atomic E-state index is 4.72. The van der Waals surface area contributed by atoms with Crippen LogP contribution in [-0.4, -0.2) is 28.2 Å². The average Bonchev–Trinajstić information content (AvgIpc) is 2.98. The minimum absolute atomic E-state index is 0.612. The number of hydrogen-bond acceptors (Lipinski definition) is 3. The van der Waals surface area contributed by atoms with Crippen molar-refractivity contribution in [2.45, 2.75) is 68.2 Å². The first-order valence-electron chi connectivity index (χ1n) is 8.23. The van der Waals surface area contributed by atoms with Crippen LogP contribution in [0.15, 0.2) is 23.4 Å². The minimum atomic E-state index is 0.612. The van der Waals surface area contributed by atoms with Crippen molar-refractivity contribution in [1.82, 2.24) is 9.88 Å². The maximum atomic E-state index is 4.72. The van der Waals surface area contributed by atoms with E-state index in [-0.39, 0.29) is 0 Å². The third-order valence-electron chi connectivity index (χ3n) is 4.75. The largest absolute Gasteiger partial charge is 0.297 e. The van der Waals surface area contributed by atoms with Gasteiger partial charge in [0.1, 0.15) is 0 Å². The second-order valence-corrected chi connectivity index (χ2v) is 7.41. The number of hydrogen-bond donors (Lipinski definition) is 0. The number of nitrogens with zero attached hydrogens (tertiary/aromatic N) is 2. The lowest BCUT2D eigenvalue weighted by molar-refractivity contribution is 0.271. The fourth-order valence-electron chi connectivity index (χ4n) is 3.59. The lowest BCUT2D eigenvalue weighted by atomic mass is 10.0. The van der Waals surface area contributed by atoms with Crippen molar-refractivity contribution in [3.8, 4) is 0 Å². The standard InChI is InChI=1S/C17H26N2S/c1-2-19-12-6-9-16(19)14-10-11-17(18-13-14)20-15-7-4-3-5-8-15/h10-11,13,15-16H,2-9,12H2,1H3/t16-/m0/s1. The molecule has 0 bridgehead atoms. The van der Waals surface area contributed by atoms with Crippen LogP contribution >= 0.6 is 11.8 Å². The quantitative estimate of drug-likeness (QED) is 0.802. The Hall–Kier alpha value is -0.540. The number of likely N-dealkylation sites (tertiary alicyclic amines) is 1. The van der Waals surface area contributed by atoms with Gasteiger partial charge in [0.2, 0.25) is 0 Å². The molecule has 3 rings (SSSR count). The van der Waals surface area contributed by atoms with Crippen molar-refractivity contribution in [3.05, 3.63) is 23.9 Å². The van der Waals surface area contributed by atoms with Gasteiger partial charge >= 0.3 is 0 Å². The molecule has 0 N–H and O–H groups in total. The van der Waals surface area contributed by atoms with E-state index in [9.17, 15) is 0 Å². The summed E-state index contributed by atoms with van der Waals surface area (Å²) in [6.07, 6.45) is 11.7. The van der Waals surface area contributed by atoms with Crippen LogP contribution in [0.1, 0.15) is 63.5 Å². The van der Waals surface area contributed by atoms with E-state index in [4.69, 9.17) is 4.98 Å². The molecule has 2 heterocycles. The predicted molar refractivity (Wildman–Crippen MR) is 86.2 cm³/mol. The highest BCUT2D eigenvalue weighted by atomic mass is 32.2. The molecule has 3 heteroatoms. The van der Waals surface area contributed by atoms with E-state index >= 15 is 0 Å². The summed E-state index contributed by atoms with van der Waals surface area (Å²) in [5.74, 6) is 0. The summed E-state index contributed by atoms with van der Waals surface area (Å²) in [4.78, 5) is 7.30. The van der Waals surface area contributed by atoms with Crippen LogP contribution in [0.3, 0.4) is 0 Å². The van der Waals surface area contributed by atoms with Crippen LogP contribution in [0.4, 0.5) is 0 Å². The summed E-state index contributed by atoms with van der Waals surface area (Å²) in [5, 5.41) is 2.03. The smallest absolute Gasteiger partial charge is 0.0962 e. The molecule has 0 spiro atoms. The topological polar surface area (TPSA) is 16.1 Å². The molecule has 2 fully saturated rings. The maximum Gasteiger partial charge on any atom is 0.0962 e. The number of aromatic nitrogens is 1. The average molecular weight is 290 g/mol. The molecule has 2 aliphatic rings. The van der Waals surface area contributed by atoms with E-state index < -0.39 is 0 Å². The van der Waals surface area contributed by atoms with E-state index in [2.05, 4.69) is 30.2 Å². The molecule has 1 aliphatic heterocycles. The zero-order chi connectivity index (χ0) is 13.8. The van der Waals surface area contributed by atoms with Crippen molar-refractivity contribution in [1.29, 1.82) is 0 Å². The van der Waals surface area contributed by atoms with Gasteiger partial charge in [0, 0.05) is 17.5 Å². The van der Waals surface area contributed by atoms with Crippen molar-refractivity contribution in [2.24, 2.45) is 0 Å². The fourth-order valence-corrected chi connectivity index (χ4v) is 4.77. The first-order chi connectivity index (χ1) is 9.86. The highest BCUT2D eigenvalue weighted by molar-refractivity contribution is 7.99. The molecule has 1 atom stereocenters. The Kier molecular flexibility index (Phi) is 5.00. The van der Waals surface area contributed by atoms with Gasteiger partial charge in [0.05, 0.1) is 5.03 Å². The third kappa shape index (κ3) is 3.37.